The van der Waals surface area contributed by atoms with Crippen molar-refractivity contribution in [3.8, 4) is 12.3 Å². The lowest BCUT2D eigenvalue weighted by molar-refractivity contribution is -0.126. The number of amides is 2. The zero-order valence-corrected chi connectivity index (χ0v) is 19.4. The van der Waals surface area contributed by atoms with E-state index < -0.39 is 0 Å². The molecule has 2 rings (SSSR count). The molecule has 0 aliphatic carbocycles. The van der Waals surface area contributed by atoms with E-state index in [9.17, 15) is 9.59 Å². The monoisotopic (exact) mass is 480 g/mol. The molecule has 6 nitrogen and oxygen atoms in total. The van der Waals surface area contributed by atoms with E-state index >= 15 is 0 Å². The van der Waals surface area contributed by atoms with Crippen molar-refractivity contribution in [2.45, 2.75) is 31.8 Å². The van der Waals surface area contributed by atoms with Gasteiger partial charge in [-0.2, -0.15) is 0 Å². The molecular weight excluding hydrogens is 452 g/mol. The number of likely N-dealkylation sites (tertiary alicyclic amines) is 1. The Balaban J connectivity index is 1.79. The summed E-state index contributed by atoms with van der Waals surface area (Å²) in [6.07, 6.45) is 9.11. The highest BCUT2D eigenvalue weighted by Crippen LogP contribution is 2.28. The average molecular weight is 481 g/mol. The van der Waals surface area contributed by atoms with Gasteiger partial charge in [0.05, 0.1) is 19.6 Å². The van der Waals surface area contributed by atoms with E-state index in [1.54, 1.807) is 11.9 Å². The summed E-state index contributed by atoms with van der Waals surface area (Å²) in [5.74, 6) is 1.90. The van der Waals surface area contributed by atoms with E-state index in [1.165, 1.54) is 5.56 Å². The molecule has 1 aliphatic heterocycles. The molecular formula is C21H29BrN4O2S. The normalized spacial score (nSPS) is 16.2. The van der Waals surface area contributed by atoms with Crippen LogP contribution in [0.2, 0.25) is 0 Å². The second-order valence-electron chi connectivity index (χ2n) is 7.01. The SMILES string of the molecule is C#CCNC(=O)CNC(=O)CN(SC)C1CCN(C(C)c2cccc(Br)c2)CC1. The lowest BCUT2D eigenvalue weighted by Crippen LogP contribution is -2.47. The maximum atomic E-state index is 12.2. The number of carbonyl (C=O) groups is 2. The van der Waals surface area contributed by atoms with Crippen molar-refractivity contribution in [1.82, 2.24) is 19.8 Å². The van der Waals surface area contributed by atoms with Crippen molar-refractivity contribution in [3.63, 3.8) is 0 Å². The quantitative estimate of drug-likeness (QED) is 0.419. The van der Waals surface area contributed by atoms with Crippen LogP contribution < -0.4 is 10.6 Å². The van der Waals surface area contributed by atoms with Crippen molar-refractivity contribution in [2.75, 3.05) is 39.0 Å². The highest BCUT2D eigenvalue weighted by atomic mass is 79.9. The van der Waals surface area contributed by atoms with E-state index in [2.05, 4.69) is 66.8 Å². The standard InChI is InChI=1S/C21H29BrN4O2S/c1-4-10-23-20(27)14-24-21(28)15-26(29-3)19-8-11-25(12-9-19)16(2)17-6-5-7-18(22)13-17/h1,5-7,13,16,19H,8-12,14-15H2,2-3H3,(H,23,27)(H,24,28). The number of nitrogens with one attached hydrogen (secondary N) is 2. The summed E-state index contributed by atoms with van der Waals surface area (Å²) in [7, 11) is 0. The van der Waals surface area contributed by atoms with Gasteiger partial charge in [-0.25, -0.2) is 4.31 Å². The third kappa shape index (κ3) is 7.67. The number of halogens is 1. The predicted molar refractivity (Wildman–Crippen MR) is 122 cm³/mol. The summed E-state index contributed by atoms with van der Waals surface area (Å²) in [6.45, 7) is 4.62. The van der Waals surface area contributed by atoms with E-state index in [1.807, 2.05) is 12.3 Å². The van der Waals surface area contributed by atoms with Crippen molar-refractivity contribution in [1.29, 1.82) is 0 Å². The van der Waals surface area contributed by atoms with Crippen LogP contribution in [-0.4, -0.2) is 66.0 Å². The topological polar surface area (TPSA) is 64.7 Å². The summed E-state index contributed by atoms with van der Waals surface area (Å²) in [5, 5.41) is 5.19. The average Bonchev–Trinajstić information content (AvgIpc) is 2.74. The van der Waals surface area contributed by atoms with Gasteiger partial charge in [-0.15, -0.1) is 6.42 Å². The van der Waals surface area contributed by atoms with Crippen LogP contribution >= 0.6 is 27.9 Å². The van der Waals surface area contributed by atoms with Crippen LogP contribution in [0.3, 0.4) is 0 Å². The molecule has 0 saturated carbocycles. The summed E-state index contributed by atoms with van der Waals surface area (Å²) in [5.41, 5.74) is 1.31. The van der Waals surface area contributed by atoms with E-state index in [4.69, 9.17) is 6.42 Å². The molecule has 1 aromatic carbocycles. The summed E-state index contributed by atoms with van der Waals surface area (Å²) in [4.78, 5) is 26.3. The van der Waals surface area contributed by atoms with Crippen LogP contribution in [0.15, 0.2) is 28.7 Å². The van der Waals surface area contributed by atoms with Crippen molar-refractivity contribution < 1.29 is 9.59 Å². The molecule has 8 heteroatoms. The molecule has 1 unspecified atom stereocenters. The third-order valence-electron chi connectivity index (χ3n) is 5.15. The fourth-order valence-corrected chi connectivity index (χ4v) is 4.64. The van der Waals surface area contributed by atoms with Gasteiger partial charge in [-0.05, 0) is 43.7 Å². The molecule has 1 aliphatic rings. The molecule has 0 spiro atoms. The molecule has 158 valence electrons. The minimum Gasteiger partial charge on any atom is -0.346 e. The third-order valence-corrected chi connectivity index (χ3v) is 6.54. The highest BCUT2D eigenvalue weighted by Gasteiger charge is 2.28. The van der Waals surface area contributed by atoms with Crippen LogP contribution in [0.4, 0.5) is 0 Å². The van der Waals surface area contributed by atoms with Gasteiger partial charge in [0.15, 0.2) is 0 Å². The first-order valence-corrected chi connectivity index (χ1v) is 11.7. The number of terminal acetylenes is 1. The Hall–Kier alpha value is -1.53. The molecule has 1 fully saturated rings. The minimum absolute atomic E-state index is 0.0503. The molecule has 1 atom stereocenters. The summed E-state index contributed by atoms with van der Waals surface area (Å²) < 4.78 is 3.22. The van der Waals surface area contributed by atoms with Crippen molar-refractivity contribution >= 4 is 39.7 Å². The lowest BCUT2D eigenvalue weighted by atomic mass is 10.00. The molecule has 0 radical (unpaired) electrons. The van der Waals surface area contributed by atoms with E-state index in [0.717, 1.165) is 30.4 Å². The van der Waals surface area contributed by atoms with Gasteiger partial charge < -0.3 is 10.6 Å². The lowest BCUT2D eigenvalue weighted by Gasteiger charge is -2.39. The number of hydrogen-bond donors (Lipinski definition) is 2. The van der Waals surface area contributed by atoms with Crippen LogP contribution in [-0.2, 0) is 9.59 Å². The Bertz CT molecular complexity index is 732. The molecule has 29 heavy (non-hydrogen) atoms. The molecule has 1 heterocycles. The minimum atomic E-state index is -0.276. The molecule has 0 bridgehead atoms. The molecule has 1 saturated heterocycles. The summed E-state index contributed by atoms with van der Waals surface area (Å²) >= 11 is 5.13. The van der Waals surface area contributed by atoms with Gasteiger partial charge in [-0.3, -0.25) is 14.5 Å². The Labute approximate surface area is 186 Å². The van der Waals surface area contributed by atoms with E-state index in [-0.39, 0.29) is 31.4 Å². The first-order valence-electron chi connectivity index (χ1n) is 9.71. The number of benzene rings is 1. The Morgan fingerprint density at radius 1 is 1.34 bits per heavy atom. The van der Waals surface area contributed by atoms with Gasteiger partial charge >= 0.3 is 0 Å². The van der Waals surface area contributed by atoms with Gasteiger partial charge in [0, 0.05) is 29.6 Å². The van der Waals surface area contributed by atoms with Crippen LogP contribution in [0.5, 0.6) is 0 Å². The fraction of sp³-hybridized carbons (Fsp3) is 0.524. The summed E-state index contributed by atoms with van der Waals surface area (Å²) in [6, 6.07) is 9.17. The predicted octanol–water partition coefficient (Wildman–Crippen LogP) is 2.42. The van der Waals surface area contributed by atoms with Crippen molar-refractivity contribution in [2.24, 2.45) is 0 Å². The fourth-order valence-electron chi connectivity index (χ4n) is 3.47. The molecule has 2 amide bonds. The largest absolute Gasteiger partial charge is 0.346 e. The second kappa shape index (κ2) is 12.2. The molecule has 1 aromatic rings. The Morgan fingerprint density at radius 3 is 2.69 bits per heavy atom. The Kier molecular flexibility index (Phi) is 10.0. The van der Waals surface area contributed by atoms with Gasteiger partial charge in [0.1, 0.15) is 0 Å². The second-order valence-corrected chi connectivity index (χ2v) is 8.76. The first kappa shape index (κ1) is 23.7. The van der Waals surface area contributed by atoms with Crippen LogP contribution in [0.25, 0.3) is 0 Å². The number of nitrogens with zero attached hydrogens (tertiary/aromatic N) is 2. The first-order chi connectivity index (χ1) is 13.9. The van der Waals surface area contributed by atoms with Crippen molar-refractivity contribution in [3.05, 3.63) is 34.3 Å². The zero-order chi connectivity index (χ0) is 21.2. The smallest absolute Gasteiger partial charge is 0.240 e. The van der Waals surface area contributed by atoms with Gasteiger partial charge in [-0.1, -0.05) is 45.9 Å². The zero-order valence-electron chi connectivity index (χ0n) is 17.0. The number of piperidine rings is 1. The van der Waals surface area contributed by atoms with Gasteiger partial charge in [0.2, 0.25) is 11.8 Å². The highest BCUT2D eigenvalue weighted by molar-refractivity contribution is 9.10. The van der Waals surface area contributed by atoms with Crippen LogP contribution in [0, 0.1) is 12.3 Å². The van der Waals surface area contributed by atoms with Gasteiger partial charge in [0.25, 0.3) is 0 Å². The number of hydrogen-bond acceptors (Lipinski definition) is 5. The van der Waals surface area contributed by atoms with Crippen LogP contribution in [0.1, 0.15) is 31.4 Å². The maximum absolute atomic E-state index is 12.2. The number of rotatable bonds is 9. The Morgan fingerprint density at radius 2 is 2.07 bits per heavy atom. The van der Waals surface area contributed by atoms with E-state index in [0.29, 0.717) is 12.1 Å². The molecule has 2 N–H and O–H groups in total. The maximum Gasteiger partial charge on any atom is 0.240 e. The number of carbonyl (C=O) groups excluding carboxylic acids is 2. The molecule has 0 aromatic heterocycles.